The standard InChI is InChI=1S/C16H15F2N.C13H16N4O2.C2H6N2/c17-14-7-2-6-13(16(14)18)11-4-1-8-15-12(10-11)5-3-9-19-15;1-9(18)16-7-4-10(5-8-16)17-11-3-2-6-14-12(11)15-13(17)19;1-4-2-3/h2-3,5-7,9,11H,1,4,8,10H2;2-3,6,10H,4-5,7-8H2,1H3,(H,14,15,19);1-3H2/t11-;;/m0../s1. The van der Waals surface area contributed by atoms with E-state index in [1.54, 1.807) is 36.0 Å². The number of benzene rings is 1. The van der Waals surface area contributed by atoms with E-state index in [9.17, 15) is 18.4 Å². The summed E-state index contributed by atoms with van der Waals surface area (Å²) < 4.78 is 29.0. The summed E-state index contributed by atoms with van der Waals surface area (Å²) in [6.45, 7) is 6.44. The van der Waals surface area contributed by atoms with Gasteiger partial charge in [0.2, 0.25) is 5.91 Å². The maximum absolute atomic E-state index is 13.9. The number of aliphatic imine (C=N–C) groups is 1. The molecule has 222 valence electrons. The van der Waals surface area contributed by atoms with Crippen molar-refractivity contribution in [3.05, 3.63) is 93.8 Å². The third-order valence-corrected chi connectivity index (χ3v) is 7.73. The molecule has 1 amide bonds. The Labute approximate surface area is 243 Å². The van der Waals surface area contributed by atoms with Gasteiger partial charge in [0.25, 0.3) is 0 Å². The molecule has 4 aromatic rings. The molecule has 11 heteroatoms. The van der Waals surface area contributed by atoms with Crippen LogP contribution in [0.3, 0.4) is 0 Å². The molecule has 0 unspecified atom stereocenters. The van der Waals surface area contributed by atoms with E-state index >= 15 is 0 Å². The summed E-state index contributed by atoms with van der Waals surface area (Å²) in [5, 5.41) is 0. The highest BCUT2D eigenvalue weighted by molar-refractivity contribution is 5.73. The van der Waals surface area contributed by atoms with E-state index < -0.39 is 11.6 Å². The third-order valence-electron chi connectivity index (χ3n) is 7.73. The lowest BCUT2D eigenvalue weighted by Gasteiger charge is -2.31. The van der Waals surface area contributed by atoms with Gasteiger partial charge in [0, 0.05) is 44.1 Å². The van der Waals surface area contributed by atoms with Crippen molar-refractivity contribution in [2.75, 3.05) is 19.8 Å². The molecule has 9 nitrogen and oxygen atoms in total. The number of hydrogen-bond donors (Lipinski definition) is 2. The number of aryl methyl sites for hydroxylation is 1. The zero-order valence-corrected chi connectivity index (χ0v) is 23.8. The molecule has 6 rings (SSSR count). The summed E-state index contributed by atoms with van der Waals surface area (Å²) in [7, 11) is 0. The van der Waals surface area contributed by atoms with Crippen LogP contribution in [0.1, 0.15) is 61.4 Å². The summed E-state index contributed by atoms with van der Waals surface area (Å²) in [4.78, 5) is 39.8. The van der Waals surface area contributed by atoms with Gasteiger partial charge in [-0.25, -0.2) is 18.6 Å². The monoisotopic (exact) mass is 577 g/mol. The Balaban J connectivity index is 0.000000171. The van der Waals surface area contributed by atoms with E-state index in [0.717, 1.165) is 55.3 Å². The van der Waals surface area contributed by atoms with Crippen molar-refractivity contribution in [3.63, 3.8) is 0 Å². The van der Waals surface area contributed by atoms with Crippen molar-refractivity contribution in [1.82, 2.24) is 24.4 Å². The van der Waals surface area contributed by atoms with Crippen LogP contribution < -0.4 is 11.4 Å². The Morgan fingerprint density at radius 1 is 1.10 bits per heavy atom. The van der Waals surface area contributed by atoms with Gasteiger partial charge in [-0.1, -0.05) is 18.2 Å². The number of carbonyl (C=O) groups is 1. The Bertz CT molecular complexity index is 1560. The second-order valence-electron chi connectivity index (χ2n) is 10.4. The van der Waals surface area contributed by atoms with Gasteiger partial charge < -0.3 is 10.6 Å². The van der Waals surface area contributed by atoms with Gasteiger partial charge in [0.15, 0.2) is 17.3 Å². The number of aromatic amines is 1. The lowest BCUT2D eigenvalue weighted by molar-refractivity contribution is -0.130. The number of imidazole rings is 1. The topological polar surface area (TPSA) is 122 Å². The maximum Gasteiger partial charge on any atom is 0.327 e. The first kappa shape index (κ1) is 30.7. The molecule has 1 aliphatic heterocycles. The molecule has 3 aromatic heterocycles. The van der Waals surface area contributed by atoms with Crippen molar-refractivity contribution in [2.24, 2.45) is 10.7 Å². The van der Waals surface area contributed by atoms with E-state index in [0.29, 0.717) is 31.0 Å². The van der Waals surface area contributed by atoms with Crippen molar-refractivity contribution < 1.29 is 13.6 Å². The van der Waals surface area contributed by atoms with Crippen LogP contribution in [0.5, 0.6) is 0 Å². The van der Waals surface area contributed by atoms with Gasteiger partial charge in [0.05, 0.1) is 12.2 Å². The molecule has 0 spiro atoms. The minimum atomic E-state index is -0.756. The predicted octanol–water partition coefficient (Wildman–Crippen LogP) is 4.53. The van der Waals surface area contributed by atoms with Crippen LogP contribution in [-0.2, 0) is 17.6 Å². The number of halogens is 2. The zero-order chi connectivity index (χ0) is 30.1. The molecule has 0 bridgehead atoms. The minimum Gasteiger partial charge on any atom is -0.343 e. The average Bonchev–Trinajstić information content (AvgIpc) is 3.19. The number of piperidine rings is 1. The van der Waals surface area contributed by atoms with Crippen LogP contribution in [0.15, 0.2) is 64.6 Å². The number of amides is 1. The number of rotatable bonds is 3. The van der Waals surface area contributed by atoms with Gasteiger partial charge in [-0.05, 0) is 86.6 Å². The number of nitrogens with two attached hydrogens (primary N) is 1. The first-order chi connectivity index (χ1) is 20.3. The quantitative estimate of drug-likeness (QED) is 0.274. The lowest BCUT2D eigenvalue weighted by Crippen LogP contribution is -2.39. The van der Waals surface area contributed by atoms with Gasteiger partial charge in [-0.2, -0.15) is 0 Å². The van der Waals surface area contributed by atoms with Gasteiger partial charge in [-0.15, -0.1) is 0 Å². The molecule has 2 aliphatic rings. The summed E-state index contributed by atoms with van der Waals surface area (Å²) in [5.74, 6) is -1.31. The number of H-pyrrole nitrogens is 1. The molecule has 0 saturated carbocycles. The van der Waals surface area contributed by atoms with Crippen LogP contribution in [0.25, 0.3) is 11.2 Å². The van der Waals surface area contributed by atoms with Crippen molar-refractivity contribution in [1.29, 1.82) is 0 Å². The fourth-order valence-electron chi connectivity index (χ4n) is 5.63. The van der Waals surface area contributed by atoms with Crippen LogP contribution in [-0.4, -0.2) is 56.8 Å². The molecule has 3 N–H and O–H groups in total. The van der Waals surface area contributed by atoms with E-state index in [4.69, 9.17) is 5.73 Å². The number of likely N-dealkylation sites (tertiary alicyclic amines) is 1. The summed E-state index contributed by atoms with van der Waals surface area (Å²) >= 11 is 0. The number of carbonyl (C=O) groups excluding carboxylic acids is 1. The number of pyridine rings is 2. The second-order valence-corrected chi connectivity index (χ2v) is 10.4. The van der Waals surface area contributed by atoms with Crippen LogP contribution in [0.4, 0.5) is 8.78 Å². The highest BCUT2D eigenvalue weighted by atomic mass is 19.2. The Kier molecular flexibility index (Phi) is 10.7. The number of fused-ring (bicyclic) bond motifs is 2. The number of aromatic nitrogens is 4. The molecule has 1 aromatic carbocycles. The van der Waals surface area contributed by atoms with Crippen LogP contribution >= 0.6 is 0 Å². The molecule has 42 heavy (non-hydrogen) atoms. The molecule has 0 radical (unpaired) electrons. The van der Waals surface area contributed by atoms with E-state index in [2.05, 4.69) is 26.7 Å². The number of nitrogens with zero attached hydrogens (tertiary/aromatic N) is 5. The summed E-state index contributed by atoms with van der Waals surface area (Å²) in [5.41, 5.74) is 8.91. The average molecular weight is 578 g/mol. The first-order valence-electron chi connectivity index (χ1n) is 14.1. The third kappa shape index (κ3) is 7.33. The molecule has 1 saturated heterocycles. The fourth-order valence-corrected chi connectivity index (χ4v) is 5.63. The van der Waals surface area contributed by atoms with Gasteiger partial charge in [-0.3, -0.25) is 24.3 Å². The maximum atomic E-state index is 13.9. The van der Waals surface area contributed by atoms with E-state index in [1.807, 2.05) is 29.2 Å². The molecule has 4 heterocycles. The smallest absolute Gasteiger partial charge is 0.327 e. The van der Waals surface area contributed by atoms with E-state index in [1.165, 1.54) is 6.07 Å². The SMILES string of the molecule is C=NCN.CC(=O)N1CCC(n2c(=O)[nH]c3ncccc32)CC1.Fc1cccc([C@H]2CCCc3ncccc3C2)c1F. The fraction of sp³-hybridized carbons (Fsp3) is 0.387. The summed E-state index contributed by atoms with van der Waals surface area (Å²) in [6, 6.07) is 12.3. The highest BCUT2D eigenvalue weighted by Crippen LogP contribution is 2.33. The Morgan fingerprint density at radius 2 is 1.81 bits per heavy atom. The Morgan fingerprint density at radius 3 is 2.52 bits per heavy atom. The largest absolute Gasteiger partial charge is 0.343 e. The Hall–Kier alpha value is -4.25. The zero-order valence-electron chi connectivity index (χ0n) is 23.8. The molecule has 1 fully saturated rings. The molecule has 1 aliphatic carbocycles. The number of nitrogens with one attached hydrogen (secondary N) is 1. The highest BCUT2D eigenvalue weighted by Gasteiger charge is 2.25. The van der Waals surface area contributed by atoms with Crippen LogP contribution in [0, 0.1) is 11.6 Å². The lowest BCUT2D eigenvalue weighted by atomic mass is 9.90. The van der Waals surface area contributed by atoms with Crippen LogP contribution in [0.2, 0.25) is 0 Å². The number of hydrogen-bond acceptors (Lipinski definition) is 6. The minimum absolute atomic E-state index is 0.0427. The van der Waals surface area contributed by atoms with Crippen molar-refractivity contribution >= 4 is 23.8 Å². The van der Waals surface area contributed by atoms with Gasteiger partial charge >= 0.3 is 5.69 Å². The second kappa shape index (κ2) is 14.6. The van der Waals surface area contributed by atoms with E-state index in [-0.39, 0.29) is 23.6 Å². The summed E-state index contributed by atoms with van der Waals surface area (Å²) in [6.07, 6.45) is 8.57. The van der Waals surface area contributed by atoms with Crippen molar-refractivity contribution in [2.45, 2.75) is 57.4 Å². The first-order valence-corrected chi connectivity index (χ1v) is 14.1. The predicted molar refractivity (Wildman–Crippen MR) is 159 cm³/mol. The molecular weight excluding hydrogens is 540 g/mol. The molecule has 1 atom stereocenters. The van der Waals surface area contributed by atoms with Crippen molar-refractivity contribution in [3.8, 4) is 0 Å². The molecular formula is C31H37F2N7O2. The van der Waals surface area contributed by atoms with Gasteiger partial charge in [0.1, 0.15) is 0 Å². The normalized spacial score (nSPS) is 16.8.